The zero-order chi connectivity index (χ0) is 15.9. The van der Waals surface area contributed by atoms with E-state index in [1.54, 1.807) is 0 Å². The highest BCUT2D eigenvalue weighted by molar-refractivity contribution is 5.40. The lowest BCUT2D eigenvalue weighted by molar-refractivity contribution is -0.0450. The van der Waals surface area contributed by atoms with Gasteiger partial charge < -0.3 is 14.2 Å². The Balaban J connectivity index is 1.86. The molecule has 0 amide bonds. The van der Waals surface area contributed by atoms with E-state index in [4.69, 9.17) is 14.2 Å². The van der Waals surface area contributed by atoms with Crippen LogP contribution in [-0.4, -0.2) is 32.4 Å². The standard InChI is InChI=1S/C19H22NO3/c1-2-21-16-10-6-7-11-17(16)23-19(15-8-4-3-5-9-15)18-14-20-12-13-22-18/h3-11,18-19H,2,12-14H2,1H3. The van der Waals surface area contributed by atoms with Crippen LogP contribution in [0.4, 0.5) is 0 Å². The lowest BCUT2D eigenvalue weighted by Crippen LogP contribution is -2.40. The molecule has 1 saturated heterocycles. The van der Waals surface area contributed by atoms with Crippen molar-refractivity contribution in [3.05, 3.63) is 60.2 Å². The monoisotopic (exact) mass is 312 g/mol. The first-order valence-corrected chi connectivity index (χ1v) is 8.06. The summed E-state index contributed by atoms with van der Waals surface area (Å²) >= 11 is 0. The smallest absolute Gasteiger partial charge is 0.162 e. The van der Waals surface area contributed by atoms with Gasteiger partial charge in [-0.3, -0.25) is 0 Å². The van der Waals surface area contributed by atoms with E-state index in [-0.39, 0.29) is 12.2 Å². The Hall–Kier alpha value is -2.04. The summed E-state index contributed by atoms with van der Waals surface area (Å²) in [5.41, 5.74) is 1.08. The third kappa shape index (κ3) is 4.03. The fourth-order valence-corrected chi connectivity index (χ4v) is 2.68. The summed E-state index contributed by atoms with van der Waals surface area (Å²) in [6, 6.07) is 17.9. The van der Waals surface area contributed by atoms with Crippen molar-refractivity contribution in [1.82, 2.24) is 5.32 Å². The number of para-hydroxylation sites is 2. The Morgan fingerprint density at radius 1 is 1.09 bits per heavy atom. The molecule has 121 valence electrons. The third-order valence-corrected chi connectivity index (χ3v) is 3.76. The van der Waals surface area contributed by atoms with Gasteiger partial charge in [0.25, 0.3) is 0 Å². The molecule has 0 aromatic heterocycles. The van der Waals surface area contributed by atoms with Gasteiger partial charge in [0, 0.05) is 13.1 Å². The molecular weight excluding hydrogens is 290 g/mol. The predicted octanol–water partition coefficient (Wildman–Crippen LogP) is 3.21. The largest absolute Gasteiger partial charge is 0.490 e. The molecule has 1 radical (unpaired) electrons. The summed E-state index contributed by atoms with van der Waals surface area (Å²) < 4.78 is 17.9. The molecule has 0 N–H and O–H groups in total. The van der Waals surface area contributed by atoms with E-state index < -0.39 is 0 Å². The van der Waals surface area contributed by atoms with Gasteiger partial charge in [-0.2, -0.15) is 0 Å². The molecule has 2 unspecified atom stereocenters. The van der Waals surface area contributed by atoms with Gasteiger partial charge in [-0.25, -0.2) is 5.32 Å². The SMILES string of the molecule is CCOc1ccccc1OC(c1ccccc1)C1C[N]CCO1. The maximum absolute atomic E-state index is 6.31. The zero-order valence-electron chi connectivity index (χ0n) is 13.4. The van der Waals surface area contributed by atoms with E-state index in [0.717, 1.165) is 23.6 Å². The van der Waals surface area contributed by atoms with Gasteiger partial charge in [-0.15, -0.1) is 0 Å². The molecule has 0 spiro atoms. The quantitative estimate of drug-likeness (QED) is 0.822. The Morgan fingerprint density at radius 2 is 1.83 bits per heavy atom. The van der Waals surface area contributed by atoms with Crippen LogP contribution in [0.3, 0.4) is 0 Å². The maximum atomic E-state index is 6.31. The average Bonchev–Trinajstić information content (AvgIpc) is 2.63. The molecular formula is C19H22NO3. The van der Waals surface area contributed by atoms with Crippen molar-refractivity contribution in [2.75, 3.05) is 26.3 Å². The lowest BCUT2D eigenvalue weighted by Gasteiger charge is -2.31. The van der Waals surface area contributed by atoms with E-state index in [9.17, 15) is 0 Å². The fraction of sp³-hybridized carbons (Fsp3) is 0.368. The van der Waals surface area contributed by atoms with Crippen molar-refractivity contribution >= 4 is 0 Å². The van der Waals surface area contributed by atoms with Gasteiger partial charge in [0.2, 0.25) is 0 Å². The Morgan fingerprint density at radius 3 is 2.52 bits per heavy atom. The first-order chi connectivity index (χ1) is 11.4. The molecule has 23 heavy (non-hydrogen) atoms. The summed E-state index contributed by atoms with van der Waals surface area (Å²) in [5, 5.41) is 4.47. The molecule has 1 fully saturated rings. The first-order valence-electron chi connectivity index (χ1n) is 8.06. The second kappa shape index (κ2) is 7.99. The number of nitrogens with zero attached hydrogens (tertiary/aromatic N) is 1. The molecule has 0 bridgehead atoms. The Labute approximate surface area is 137 Å². The minimum absolute atomic E-state index is 0.0826. The van der Waals surface area contributed by atoms with E-state index in [2.05, 4.69) is 17.4 Å². The summed E-state index contributed by atoms with van der Waals surface area (Å²) in [4.78, 5) is 0. The summed E-state index contributed by atoms with van der Waals surface area (Å²) in [6.07, 6.45) is -0.289. The Bertz CT molecular complexity index is 597. The van der Waals surface area contributed by atoms with Gasteiger partial charge in [-0.1, -0.05) is 42.5 Å². The molecule has 1 aliphatic heterocycles. The fourth-order valence-electron chi connectivity index (χ4n) is 2.68. The van der Waals surface area contributed by atoms with Crippen LogP contribution in [0.5, 0.6) is 11.5 Å². The molecule has 4 heteroatoms. The van der Waals surface area contributed by atoms with Crippen LogP contribution in [-0.2, 0) is 4.74 Å². The van der Waals surface area contributed by atoms with Crippen LogP contribution in [0.1, 0.15) is 18.6 Å². The molecule has 0 saturated carbocycles. The van der Waals surface area contributed by atoms with Gasteiger partial charge in [0.1, 0.15) is 6.10 Å². The highest BCUT2D eigenvalue weighted by Gasteiger charge is 2.29. The van der Waals surface area contributed by atoms with Crippen molar-refractivity contribution in [1.29, 1.82) is 0 Å². The number of hydrogen-bond donors (Lipinski definition) is 0. The highest BCUT2D eigenvalue weighted by Crippen LogP contribution is 2.33. The molecule has 3 rings (SSSR count). The number of benzene rings is 2. The summed E-state index contributed by atoms with van der Waals surface area (Å²) in [7, 11) is 0. The van der Waals surface area contributed by atoms with Crippen molar-refractivity contribution < 1.29 is 14.2 Å². The molecule has 2 atom stereocenters. The van der Waals surface area contributed by atoms with Crippen molar-refractivity contribution in [2.45, 2.75) is 19.1 Å². The highest BCUT2D eigenvalue weighted by atomic mass is 16.6. The van der Waals surface area contributed by atoms with Crippen LogP contribution in [0.15, 0.2) is 54.6 Å². The van der Waals surface area contributed by atoms with E-state index in [0.29, 0.717) is 19.8 Å². The predicted molar refractivity (Wildman–Crippen MR) is 89.0 cm³/mol. The molecule has 1 heterocycles. The Kier molecular flexibility index (Phi) is 5.51. The zero-order valence-corrected chi connectivity index (χ0v) is 13.4. The minimum atomic E-state index is -0.207. The van der Waals surface area contributed by atoms with E-state index in [1.165, 1.54) is 0 Å². The van der Waals surface area contributed by atoms with Crippen LogP contribution >= 0.6 is 0 Å². The molecule has 1 aliphatic rings. The molecule has 0 aliphatic carbocycles. The normalized spacial score (nSPS) is 19.1. The van der Waals surface area contributed by atoms with Crippen LogP contribution < -0.4 is 14.8 Å². The third-order valence-electron chi connectivity index (χ3n) is 3.76. The minimum Gasteiger partial charge on any atom is -0.490 e. The first kappa shape index (κ1) is 15.8. The number of hydrogen-bond acceptors (Lipinski definition) is 3. The topological polar surface area (TPSA) is 41.8 Å². The van der Waals surface area contributed by atoms with Gasteiger partial charge in [0.05, 0.1) is 13.2 Å². The molecule has 4 nitrogen and oxygen atoms in total. The lowest BCUT2D eigenvalue weighted by atomic mass is 10.0. The van der Waals surface area contributed by atoms with Gasteiger partial charge in [0.15, 0.2) is 17.6 Å². The number of morpholine rings is 1. The second-order valence-corrected chi connectivity index (χ2v) is 5.37. The van der Waals surface area contributed by atoms with Crippen LogP contribution in [0.2, 0.25) is 0 Å². The number of rotatable bonds is 6. The van der Waals surface area contributed by atoms with E-state index >= 15 is 0 Å². The van der Waals surface area contributed by atoms with Gasteiger partial charge in [-0.05, 0) is 24.6 Å². The van der Waals surface area contributed by atoms with Crippen LogP contribution in [0.25, 0.3) is 0 Å². The van der Waals surface area contributed by atoms with Crippen molar-refractivity contribution in [3.8, 4) is 11.5 Å². The maximum Gasteiger partial charge on any atom is 0.162 e. The number of ether oxygens (including phenoxy) is 3. The van der Waals surface area contributed by atoms with Gasteiger partial charge >= 0.3 is 0 Å². The summed E-state index contributed by atoms with van der Waals surface area (Å²) in [5.74, 6) is 1.49. The van der Waals surface area contributed by atoms with Crippen molar-refractivity contribution in [2.24, 2.45) is 0 Å². The average molecular weight is 312 g/mol. The second-order valence-electron chi connectivity index (χ2n) is 5.37. The van der Waals surface area contributed by atoms with E-state index in [1.807, 2.05) is 49.4 Å². The van der Waals surface area contributed by atoms with Crippen molar-refractivity contribution in [3.63, 3.8) is 0 Å². The molecule has 2 aromatic rings. The van der Waals surface area contributed by atoms with Crippen LogP contribution in [0, 0.1) is 0 Å². The molecule has 2 aromatic carbocycles. The summed E-state index contributed by atoms with van der Waals surface area (Å²) in [6.45, 7) is 4.62.